The topological polar surface area (TPSA) is 65.1 Å². The van der Waals surface area contributed by atoms with E-state index in [0.29, 0.717) is 11.5 Å². The van der Waals surface area contributed by atoms with Gasteiger partial charge in [0, 0.05) is 46.7 Å². The molecule has 1 aromatic heterocycles. The summed E-state index contributed by atoms with van der Waals surface area (Å²) in [5, 5.41) is 14.7. The smallest absolute Gasteiger partial charge is 0.152 e. The zero-order valence-electron chi connectivity index (χ0n) is 17.3. The molecule has 2 unspecified atom stereocenters. The van der Waals surface area contributed by atoms with E-state index in [4.69, 9.17) is 0 Å². The molecule has 2 saturated carbocycles. The fraction of sp³-hybridized carbons (Fsp3) is 0.565. The normalized spacial score (nSPS) is 25.2. The first-order chi connectivity index (χ1) is 13.4. The van der Waals surface area contributed by atoms with Crippen LogP contribution in [0, 0.1) is 5.92 Å². The van der Waals surface area contributed by atoms with Crippen molar-refractivity contribution in [3.63, 3.8) is 0 Å². The molecule has 2 heterocycles. The van der Waals surface area contributed by atoms with Crippen LogP contribution >= 0.6 is 0 Å². The van der Waals surface area contributed by atoms with E-state index in [1.54, 1.807) is 0 Å². The number of nitrogens with one attached hydrogen (secondary N) is 3. The van der Waals surface area contributed by atoms with Gasteiger partial charge in [-0.3, -0.25) is 10.1 Å². The van der Waals surface area contributed by atoms with Crippen LogP contribution in [0.1, 0.15) is 70.4 Å². The molecule has 2 atom stereocenters. The lowest BCUT2D eigenvalue weighted by Gasteiger charge is -2.18. The number of hydrogen-bond acceptors (Lipinski definition) is 4. The van der Waals surface area contributed by atoms with E-state index in [9.17, 15) is 0 Å². The highest BCUT2D eigenvalue weighted by Crippen LogP contribution is 2.41. The third kappa shape index (κ3) is 4.75. The Morgan fingerprint density at radius 3 is 2.82 bits per heavy atom. The first-order valence-corrected chi connectivity index (χ1v) is 10.6. The molecule has 0 spiro atoms. The third-order valence-corrected chi connectivity index (χ3v) is 6.28. The molecule has 5 heteroatoms. The summed E-state index contributed by atoms with van der Waals surface area (Å²) in [6.45, 7) is 13.5. The Balaban J connectivity index is 1.24. The van der Waals surface area contributed by atoms with Crippen LogP contribution in [0.5, 0.6) is 0 Å². The molecule has 0 saturated heterocycles. The van der Waals surface area contributed by atoms with E-state index in [2.05, 4.69) is 58.0 Å². The zero-order valence-corrected chi connectivity index (χ0v) is 17.3. The second-order valence-electron chi connectivity index (χ2n) is 9.24. The molecule has 1 aliphatic heterocycles. The van der Waals surface area contributed by atoms with Crippen LogP contribution in [-0.4, -0.2) is 28.0 Å². The van der Waals surface area contributed by atoms with Crippen molar-refractivity contribution in [2.45, 2.75) is 70.3 Å². The van der Waals surface area contributed by atoms with Gasteiger partial charge in [0.25, 0.3) is 0 Å². The zero-order chi connectivity index (χ0) is 19.7. The van der Waals surface area contributed by atoms with E-state index in [1.165, 1.54) is 49.1 Å². The second-order valence-corrected chi connectivity index (χ2v) is 9.24. The van der Waals surface area contributed by atoms with Gasteiger partial charge in [-0.2, -0.15) is 5.10 Å². The van der Waals surface area contributed by atoms with Crippen LogP contribution in [0.3, 0.4) is 0 Å². The Morgan fingerprint density at radius 2 is 2.11 bits per heavy atom. The maximum atomic E-state index is 4.46. The first-order valence-electron chi connectivity index (χ1n) is 10.6. The van der Waals surface area contributed by atoms with E-state index in [0.717, 1.165) is 42.5 Å². The molecule has 3 aliphatic rings. The van der Waals surface area contributed by atoms with Gasteiger partial charge in [-0.05, 0) is 69.9 Å². The summed E-state index contributed by atoms with van der Waals surface area (Å²) >= 11 is 0. The minimum absolute atomic E-state index is 0.334. The van der Waals surface area contributed by atoms with Gasteiger partial charge in [0.15, 0.2) is 5.82 Å². The van der Waals surface area contributed by atoms with Crippen LogP contribution in [0.4, 0.5) is 5.82 Å². The van der Waals surface area contributed by atoms with Crippen LogP contribution < -0.4 is 10.6 Å². The minimum Gasteiger partial charge on any atom is -0.384 e. The molecule has 5 nitrogen and oxygen atoms in total. The summed E-state index contributed by atoms with van der Waals surface area (Å²) in [6.07, 6.45) is 10.3. The lowest BCUT2D eigenvalue weighted by Crippen LogP contribution is -2.27. The SMILES string of the molecule is C=C(CC1=CC(C)=NC1)Nc1cc(C2CCC(CC(=C)NC3(C)CC3)C2)[nH]n1. The van der Waals surface area contributed by atoms with Crippen molar-refractivity contribution in [1.82, 2.24) is 15.5 Å². The number of rotatable bonds is 9. The maximum absolute atomic E-state index is 4.46. The van der Waals surface area contributed by atoms with Crippen molar-refractivity contribution in [3.8, 4) is 0 Å². The molecule has 3 N–H and O–H groups in total. The predicted molar refractivity (Wildman–Crippen MR) is 117 cm³/mol. The molecule has 2 fully saturated rings. The summed E-state index contributed by atoms with van der Waals surface area (Å²) < 4.78 is 0. The van der Waals surface area contributed by atoms with Crippen molar-refractivity contribution in [1.29, 1.82) is 0 Å². The van der Waals surface area contributed by atoms with Crippen LogP contribution in [-0.2, 0) is 0 Å². The molecular formula is C23H33N5. The average molecular weight is 380 g/mol. The minimum atomic E-state index is 0.334. The lowest BCUT2D eigenvalue weighted by atomic mass is 9.98. The number of hydrogen-bond donors (Lipinski definition) is 3. The molecule has 28 heavy (non-hydrogen) atoms. The molecule has 4 rings (SSSR count). The fourth-order valence-corrected chi connectivity index (χ4v) is 4.51. The van der Waals surface area contributed by atoms with Gasteiger partial charge in [0.05, 0.1) is 6.54 Å². The van der Waals surface area contributed by atoms with Gasteiger partial charge in [-0.25, -0.2) is 0 Å². The van der Waals surface area contributed by atoms with Gasteiger partial charge in [0.1, 0.15) is 0 Å². The standard InChI is InChI=1S/C23H33N5/c1-15-9-19(14-24-15)10-16(2)25-22-13-21(27-28-22)20-6-5-18(12-20)11-17(3)26-23(4)7-8-23/h9,13,18,20,26H,2-3,5-8,10-12,14H2,1,4H3,(H2,25,27,28). The van der Waals surface area contributed by atoms with Gasteiger partial charge >= 0.3 is 0 Å². The van der Waals surface area contributed by atoms with Crippen LogP contribution in [0.15, 0.2) is 47.3 Å². The molecule has 1 aromatic rings. The summed E-state index contributed by atoms with van der Waals surface area (Å²) in [7, 11) is 0. The molecule has 2 aliphatic carbocycles. The number of anilines is 1. The van der Waals surface area contributed by atoms with Gasteiger partial charge in [0.2, 0.25) is 0 Å². The van der Waals surface area contributed by atoms with Crippen molar-refractivity contribution in [2.75, 3.05) is 11.9 Å². The third-order valence-electron chi connectivity index (χ3n) is 6.28. The monoisotopic (exact) mass is 379 g/mol. The fourth-order valence-electron chi connectivity index (χ4n) is 4.51. The van der Waals surface area contributed by atoms with Crippen LogP contribution in [0.2, 0.25) is 0 Å². The molecule has 0 bridgehead atoms. The number of aromatic amines is 1. The summed E-state index contributed by atoms with van der Waals surface area (Å²) in [6, 6.07) is 2.15. The van der Waals surface area contributed by atoms with E-state index in [-0.39, 0.29) is 0 Å². The number of aliphatic imine (C=N–C) groups is 1. The van der Waals surface area contributed by atoms with Crippen molar-refractivity contribution < 1.29 is 0 Å². The molecular weight excluding hydrogens is 346 g/mol. The first kappa shape index (κ1) is 19.0. The van der Waals surface area contributed by atoms with Crippen molar-refractivity contribution in [3.05, 3.63) is 48.0 Å². The Hall–Kier alpha value is -2.30. The van der Waals surface area contributed by atoms with Gasteiger partial charge in [-0.15, -0.1) is 0 Å². The number of nitrogens with zero attached hydrogens (tertiary/aromatic N) is 2. The summed E-state index contributed by atoms with van der Waals surface area (Å²) in [5.41, 5.74) is 6.16. The van der Waals surface area contributed by atoms with Gasteiger partial charge in [-0.1, -0.05) is 13.2 Å². The number of H-pyrrole nitrogens is 1. The van der Waals surface area contributed by atoms with E-state index < -0.39 is 0 Å². The summed E-state index contributed by atoms with van der Waals surface area (Å²) in [4.78, 5) is 4.41. The highest BCUT2D eigenvalue weighted by atomic mass is 15.2. The molecule has 0 aromatic carbocycles. The Kier molecular flexibility index (Phi) is 5.17. The van der Waals surface area contributed by atoms with Crippen molar-refractivity contribution in [2.24, 2.45) is 10.9 Å². The number of allylic oxidation sites excluding steroid dienone is 3. The average Bonchev–Trinajstić information content (AvgIpc) is 3.05. The van der Waals surface area contributed by atoms with E-state index in [1.807, 2.05) is 6.92 Å². The second kappa shape index (κ2) is 7.61. The maximum Gasteiger partial charge on any atom is 0.152 e. The van der Waals surface area contributed by atoms with Gasteiger partial charge < -0.3 is 10.6 Å². The Bertz CT molecular complexity index is 824. The molecule has 150 valence electrons. The summed E-state index contributed by atoms with van der Waals surface area (Å²) in [5.74, 6) is 2.16. The lowest BCUT2D eigenvalue weighted by molar-refractivity contribution is 0.490. The van der Waals surface area contributed by atoms with E-state index >= 15 is 0 Å². The molecule has 0 amide bonds. The Labute approximate surface area is 168 Å². The quantitative estimate of drug-likeness (QED) is 0.562. The van der Waals surface area contributed by atoms with Crippen molar-refractivity contribution >= 4 is 11.5 Å². The largest absolute Gasteiger partial charge is 0.384 e. The molecule has 0 radical (unpaired) electrons. The highest BCUT2D eigenvalue weighted by molar-refractivity contribution is 5.95. The Morgan fingerprint density at radius 1 is 1.29 bits per heavy atom. The van der Waals surface area contributed by atoms with Crippen LogP contribution in [0.25, 0.3) is 0 Å². The highest BCUT2D eigenvalue weighted by Gasteiger charge is 2.37. The number of aromatic nitrogens is 2. The predicted octanol–water partition coefficient (Wildman–Crippen LogP) is 5.06.